The van der Waals surface area contributed by atoms with Crippen LogP contribution in [0.3, 0.4) is 0 Å². The lowest BCUT2D eigenvalue weighted by molar-refractivity contribution is -0.126. The fourth-order valence-corrected chi connectivity index (χ4v) is 4.32. The molecule has 0 atom stereocenters. The summed E-state index contributed by atoms with van der Waals surface area (Å²) in [5, 5.41) is 0. The number of piperidine rings is 1. The second-order valence-electron chi connectivity index (χ2n) is 8.57. The topological polar surface area (TPSA) is 64.8 Å². The molecule has 34 heavy (non-hydrogen) atoms. The molecule has 0 aliphatic carbocycles. The summed E-state index contributed by atoms with van der Waals surface area (Å²) in [6.07, 6.45) is 5.42. The van der Waals surface area contributed by atoms with Gasteiger partial charge in [-0.05, 0) is 59.2 Å². The van der Waals surface area contributed by atoms with Gasteiger partial charge in [-0.3, -0.25) is 4.79 Å². The molecule has 0 aromatic heterocycles. The second-order valence-corrected chi connectivity index (χ2v) is 8.57. The maximum absolute atomic E-state index is 12.8. The van der Waals surface area contributed by atoms with Crippen LogP contribution in [-0.2, 0) is 17.9 Å². The zero-order chi connectivity index (χ0) is 23.8. The molecule has 0 radical (unpaired) electrons. The molecule has 1 fully saturated rings. The van der Waals surface area contributed by atoms with E-state index in [-0.39, 0.29) is 5.91 Å². The highest BCUT2D eigenvalue weighted by atomic mass is 16.5. The lowest BCUT2D eigenvalue weighted by atomic mass is 9.88. The second kappa shape index (κ2) is 11.5. The Kier molecular flexibility index (Phi) is 7.99. The Hall–Kier alpha value is -3.57. The Balaban J connectivity index is 1.32. The van der Waals surface area contributed by atoms with Crippen molar-refractivity contribution in [1.82, 2.24) is 4.90 Å². The van der Waals surface area contributed by atoms with E-state index in [1.165, 1.54) is 5.56 Å². The summed E-state index contributed by atoms with van der Waals surface area (Å²) in [4.78, 5) is 14.7. The van der Waals surface area contributed by atoms with Gasteiger partial charge in [-0.15, -0.1) is 0 Å². The molecule has 3 aromatic rings. The first-order valence-electron chi connectivity index (χ1n) is 11.8. The largest absolute Gasteiger partial charge is 0.493 e. The Morgan fingerprint density at radius 3 is 2.47 bits per heavy atom. The van der Waals surface area contributed by atoms with E-state index in [9.17, 15) is 4.79 Å². The van der Waals surface area contributed by atoms with Gasteiger partial charge < -0.3 is 20.1 Å². The minimum Gasteiger partial charge on any atom is -0.493 e. The SMILES string of the molecule is COc1cc(/C=C/C(=O)N2CCC(c3cccc(CN)c3)CC2)ccc1OCc1ccccc1. The first-order valence-corrected chi connectivity index (χ1v) is 11.8. The summed E-state index contributed by atoms with van der Waals surface area (Å²) in [6, 6.07) is 24.2. The molecule has 0 saturated carbocycles. The smallest absolute Gasteiger partial charge is 0.246 e. The number of likely N-dealkylation sites (tertiary alicyclic amines) is 1. The van der Waals surface area contributed by atoms with Crippen molar-refractivity contribution in [1.29, 1.82) is 0 Å². The molecule has 176 valence electrons. The standard InChI is InChI=1S/C29H32N2O3/c1-33-28-19-22(10-12-27(28)34-21-23-6-3-2-4-7-23)11-13-29(32)31-16-14-25(15-17-31)26-9-5-8-24(18-26)20-30/h2-13,18-19,25H,14-17,20-21,30H2,1H3/b13-11+. The van der Waals surface area contributed by atoms with Gasteiger partial charge in [-0.1, -0.05) is 60.7 Å². The third-order valence-corrected chi connectivity index (χ3v) is 6.31. The van der Waals surface area contributed by atoms with Gasteiger partial charge in [0.1, 0.15) is 6.61 Å². The average Bonchev–Trinajstić information content (AvgIpc) is 2.91. The van der Waals surface area contributed by atoms with Crippen molar-refractivity contribution < 1.29 is 14.3 Å². The molecule has 0 spiro atoms. The van der Waals surface area contributed by atoms with E-state index in [0.717, 1.165) is 42.6 Å². The quantitative estimate of drug-likeness (QED) is 0.476. The molecule has 1 amide bonds. The fourth-order valence-electron chi connectivity index (χ4n) is 4.32. The van der Waals surface area contributed by atoms with E-state index in [0.29, 0.717) is 30.6 Å². The van der Waals surface area contributed by atoms with Gasteiger partial charge in [0.25, 0.3) is 0 Å². The van der Waals surface area contributed by atoms with Crippen LogP contribution >= 0.6 is 0 Å². The average molecular weight is 457 g/mol. The number of nitrogens with two attached hydrogens (primary N) is 1. The van der Waals surface area contributed by atoms with Crippen molar-refractivity contribution >= 4 is 12.0 Å². The molecule has 1 saturated heterocycles. The van der Waals surface area contributed by atoms with Crippen molar-refractivity contribution in [3.8, 4) is 11.5 Å². The first kappa shape index (κ1) is 23.6. The fraction of sp³-hybridized carbons (Fsp3) is 0.276. The van der Waals surface area contributed by atoms with Gasteiger partial charge in [-0.2, -0.15) is 0 Å². The normalized spacial score (nSPS) is 14.4. The predicted octanol–water partition coefficient (Wildman–Crippen LogP) is 5.15. The van der Waals surface area contributed by atoms with Crippen LogP contribution in [0.4, 0.5) is 0 Å². The summed E-state index contributed by atoms with van der Waals surface area (Å²) in [7, 11) is 1.62. The van der Waals surface area contributed by atoms with E-state index in [1.54, 1.807) is 13.2 Å². The van der Waals surface area contributed by atoms with Crippen LogP contribution in [0.1, 0.15) is 41.0 Å². The van der Waals surface area contributed by atoms with Gasteiger partial charge >= 0.3 is 0 Å². The van der Waals surface area contributed by atoms with Crippen LogP contribution in [0.5, 0.6) is 11.5 Å². The lowest BCUT2D eigenvalue weighted by Gasteiger charge is -2.31. The molecule has 4 rings (SSSR count). The molecule has 2 N–H and O–H groups in total. The highest BCUT2D eigenvalue weighted by molar-refractivity contribution is 5.92. The molecule has 5 nitrogen and oxygen atoms in total. The van der Waals surface area contributed by atoms with Gasteiger partial charge in [0.05, 0.1) is 7.11 Å². The highest BCUT2D eigenvalue weighted by Gasteiger charge is 2.22. The van der Waals surface area contributed by atoms with Gasteiger partial charge in [0.2, 0.25) is 5.91 Å². The maximum atomic E-state index is 12.8. The number of hydrogen-bond donors (Lipinski definition) is 1. The number of carbonyl (C=O) groups excluding carboxylic acids is 1. The molecule has 1 aliphatic heterocycles. The third-order valence-electron chi connectivity index (χ3n) is 6.31. The summed E-state index contributed by atoms with van der Waals surface area (Å²) in [6.45, 7) is 2.55. The Bertz CT molecular complexity index is 1120. The van der Waals surface area contributed by atoms with Crippen LogP contribution in [-0.4, -0.2) is 31.0 Å². The van der Waals surface area contributed by atoms with E-state index in [2.05, 4.69) is 24.3 Å². The zero-order valence-corrected chi connectivity index (χ0v) is 19.7. The highest BCUT2D eigenvalue weighted by Crippen LogP contribution is 2.30. The number of nitrogens with zero attached hydrogens (tertiary/aromatic N) is 1. The van der Waals surface area contributed by atoms with E-state index in [1.807, 2.05) is 59.5 Å². The lowest BCUT2D eigenvalue weighted by Crippen LogP contribution is -2.36. The number of carbonyl (C=O) groups is 1. The summed E-state index contributed by atoms with van der Waals surface area (Å²) < 4.78 is 11.4. The third kappa shape index (κ3) is 6.06. The Morgan fingerprint density at radius 1 is 0.971 bits per heavy atom. The minimum atomic E-state index is 0.0394. The molecular formula is C29H32N2O3. The number of methoxy groups -OCH3 is 1. The summed E-state index contributed by atoms with van der Waals surface area (Å²) in [5.41, 5.74) is 10.3. The number of benzene rings is 3. The number of rotatable bonds is 8. The summed E-state index contributed by atoms with van der Waals surface area (Å²) in [5.74, 6) is 1.84. The number of amides is 1. The Morgan fingerprint density at radius 2 is 1.74 bits per heavy atom. The van der Waals surface area contributed by atoms with Gasteiger partial charge in [0, 0.05) is 25.7 Å². The minimum absolute atomic E-state index is 0.0394. The number of ether oxygens (including phenoxy) is 2. The van der Waals surface area contributed by atoms with E-state index >= 15 is 0 Å². The van der Waals surface area contributed by atoms with Crippen molar-refractivity contribution in [3.63, 3.8) is 0 Å². The van der Waals surface area contributed by atoms with Crippen molar-refractivity contribution in [2.75, 3.05) is 20.2 Å². The predicted molar refractivity (Wildman–Crippen MR) is 136 cm³/mol. The Labute approximate surface area is 201 Å². The van der Waals surface area contributed by atoms with Crippen LogP contribution < -0.4 is 15.2 Å². The van der Waals surface area contributed by atoms with Gasteiger partial charge in [-0.25, -0.2) is 0 Å². The molecule has 3 aromatic carbocycles. The molecule has 5 heteroatoms. The number of hydrogen-bond acceptors (Lipinski definition) is 4. The van der Waals surface area contributed by atoms with Crippen LogP contribution in [0.25, 0.3) is 6.08 Å². The van der Waals surface area contributed by atoms with Crippen molar-refractivity contribution in [2.24, 2.45) is 5.73 Å². The first-order chi connectivity index (χ1) is 16.7. The molecule has 0 unspecified atom stereocenters. The van der Waals surface area contributed by atoms with E-state index in [4.69, 9.17) is 15.2 Å². The summed E-state index contributed by atoms with van der Waals surface area (Å²) >= 11 is 0. The van der Waals surface area contributed by atoms with Crippen LogP contribution in [0.15, 0.2) is 78.9 Å². The monoisotopic (exact) mass is 456 g/mol. The van der Waals surface area contributed by atoms with Crippen LogP contribution in [0, 0.1) is 0 Å². The molecular weight excluding hydrogens is 424 g/mol. The van der Waals surface area contributed by atoms with E-state index < -0.39 is 0 Å². The van der Waals surface area contributed by atoms with Crippen molar-refractivity contribution in [3.05, 3.63) is 101 Å². The maximum Gasteiger partial charge on any atom is 0.246 e. The van der Waals surface area contributed by atoms with Crippen molar-refractivity contribution in [2.45, 2.75) is 31.9 Å². The van der Waals surface area contributed by atoms with Crippen LogP contribution in [0.2, 0.25) is 0 Å². The van der Waals surface area contributed by atoms with Gasteiger partial charge in [0.15, 0.2) is 11.5 Å². The zero-order valence-electron chi connectivity index (χ0n) is 19.7. The molecule has 1 heterocycles. The molecule has 1 aliphatic rings. The molecule has 0 bridgehead atoms.